The van der Waals surface area contributed by atoms with Gasteiger partial charge in [-0.2, -0.15) is 0 Å². The number of likely N-dealkylation sites (N-methyl/N-ethyl adjacent to an activating group) is 1. The number of likely N-dealkylation sites (tertiary alicyclic amines) is 2. The molecule has 0 aromatic heterocycles. The molecule has 3 aliphatic rings. The molecule has 2 saturated heterocycles. The molecular weight excluding hydrogens is 302 g/mol. The van der Waals surface area contributed by atoms with Crippen molar-refractivity contribution in [1.82, 2.24) is 9.80 Å². The molecule has 1 atom stereocenters. The lowest BCUT2D eigenvalue weighted by atomic mass is 9.71. The van der Waals surface area contributed by atoms with Crippen molar-refractivity contribution in [1.29, 1.82) is 0 Å². The topological polar surface area (TPSA) is 53.0 Å². The van der Waals surface area contributed by atoms with Crippen LogP contribution in [0.25, 0.3) is 0 Å². The van der Waals surface area contributed by atoms with Crippen LogP contribution in [0.4, 0.5) is 5.69 Å². The van der Waals surface area contributed by atoms with Gasteiger partial charge in [0, 0.05) is 37.7 Å². The number of nitrogens with zero attached hydrogens (tertiary/aromatic N) is 3. The summed E-state index contributed by atoms with van der Waals surface area (Å²) in [6, 6.07) is 8.09. The molecule has 1 aromatic carbocycles. The molecule has 0 N–H and O–H groups in total. The highest BCUT2D eigenvalue weighted by molar-refractivity contribution is 6.00. The van der Waals surface area contributed by atoms with E-state index in [2.05, 4.69) is 25.1 Å². The van der Waals surface area contributed by atoms with Gasteiger partial charge in [-0.25, -0.2) is 0 Å². The molecule has 0 saturated carbocycles. The summed E-state index contributed by atoms with van der Waals surface area (Å²) in [5.41, 5.74) is 3.55. The highest BCUT2D eigenvalue weighted by Crippen LogP contribution is 2.46. The smallest absolute Gasteiger partial charge is 0.245 e. The van der Waals surface area contributed by atoms with E-state index in [0.29, 0.717) is 12.8 Å². The third kappa shape index (κ3) is 2.10. The van der Waals surface area contributed by atoms with Crippen molar-refractivity contribution < 1.29 is 9.59 Å². The van der Waals surface area contributed by atoms with Gasteiger partial charge in [-0.05, 0) is 37.8 Å². The standard InChI is InChI=1S/C19H23N3O2/c1-13-19(14-5-3-4-6-15(14)20-13)9-11-22(12-10-19)18(24)16-7-8-17(23)21(16)2/h3-6,16H,7-12H2,1-2H3/t16-/m1/s1. The van der Waals surface area contributed by atoms with E-state index in [4.69, 9.17) is 4.99 Å². The lowest BCUT2D eigenvalue weighted by Crippen LogP contribution is -2.52. The van der Waals surface area contributed by atoms with E-state index in [0.717, 1.165) is 31.6 Å². The van der Waals surface area contributed by atoms with Gasteiger partial charge in [0.2, 0.25) is 11.8 Å². The average Bonchev–Trinajstić information content (AvgIpc) is 3.06. The lowest BCUT2D eigenvalue weighted by molar-refractivity contribution is -0.141. The molecule has 5 heteroatoms. The summed E-state index contributed by atoms with van der Waals surface area (Å²) >= 11 is 0. The third-order valence-corrected chi connectivity index (χ3v) is 6.11. The van der Waals surface area contributed by atoms with Gasteiger partial charge >= 0.3 is 0 Å². The molecule has 1 spiro atoms. The number of rotatable bonds is 1. The summed E-state index contributed by atoms with van der Waals surface area (Å²) in [6.45, 7) is 3.58. The quantitative estimate of drug-likeness (QED) is 0.795. The predicted molar refractivity (Wildman–Crippen MR) is 92.5 cm³/mol. The fraction of sp³-hybridized carbons (Fsp3) is 0.526. The molecule has 0 unspecified atom stereocenters. The van der Waals surface area contributed by atoms with E-state index in [1.165, 1.54) is 11.3 Å². The van der Waals surface area contributed by atoms with E-state index >= 15 is 0 Å². The minimum atomic E-state index is -0.267. The predicted octanol–water partition coefficient (Wildman–Crippen LogP) is 2.27. The number of amides is 2. The number of carbonyl (C=O) groups is 2. The minimum absolute atomic E-state index is 0.00916. The molecule has 1 aromatic rings. The van der Waals surface area contributed by atoms with E-state index in [1.807, 2.05) is 11.0 Å². The number of hydrogen-bond acceptors (Lipinski definition) is 3. The Hall–Kier alpha value is -2.17. The second-order valence-corrected chi connectivity index (χ2v) is 7.18. The Labute approximate surface area is 142 Å². The van der Waals surface area contributed by atoms with Crippen LogP contribution in [0, 0.1) is 0 Å². The fourth-order valence-corrected chi connectivity index (χ4v) is 4.50. The average molecular weight is 325 g/mol. The van der Waals surface area contributed by atoms with E-state index in [1.54, 1.807) is 11.9 Å². The molecule has 2 fully saturated rings. The number of fused-ring (bicyclic) bond motifs is 2. The van der Waals surface area contributed by atoms with E-state index in [9.17, 15) is 9.59 Å². The maximum Gasteiger partial charge on any atom is 0.245 e. The van der Waals surface area contributed by atoms with Gasteiger partial charge in [0.1, 0.15) is 6.04 Å². The first-order valence-electron chi connectivity index (χ1n) is 8.73. The highest BCUT2D eigenvalue weighted by atomic mass is 16.2. The summed E-state index contributed by atoms with van der Waals surface area (Å²) in [5, 5.41) is 0. The molecule has 0 aliphatic carbocycles. The van der Waals surface area contributed by atoms with Gasteiger partial charge in [-0.1, -0.05) is 18.2 Å². The maximum atomic E-state index is 12.8. The molecule has 126 valence electrons. The van der Waals surface area contributed by atoms with Crippen LogP contribution in [0.15, 0.2) is 29.3 Å². The monoisotopic (exact) mass is 325 g/mol. The molecule has 2 amide bonds. The SMILES string of the molecule is CC1=Nc2ccccc2C12CCN(C(=O)[C@H]1CCC(=O)N1C)CC2. The van der Waals surface area contributed by atoms with Crippen molar-refractivity contribution in [3.8, 4) is 0 Å². The second-order valence-electron chi connectivity index (χ2n) is 7.18. The Balaban J connectivity index is 1.51. The number of piperidine rings is 1. The number of hydrogen-bond donors (Lipinski definition) is 0. The van der Waals surface area contributed by atoms with E-state index in [-0.39, 0.29) is 23.3 Å². The third-order valence-electron chi connectivity index (χ3n) is 6.11. The normalized spacial score (nSPS) is 25.2. The van der Waals surface area contributed by atoms with Gasteiger partial charge < -0.3 is 9.80 Å². The Morgan fingerprint density at radius 3 is 2.62 bits per heavy atom. The van der Waals surface area contributed by atoms with Crippen LogP contribution in [-0.4, -0.2) is 53.5 Å². The van der Waals surface area contributed by atoms with Gasteiger partial charge in [0.05, 0.1) is 5.69 Å². The molecule has 5 nitrogen and oxygen atoms in total. The van der Waals surface area contributed by atoms with Crippen molar-refractivity contribution >= 4 is 23.2 Å². The minimum Gasteiger partial charge on any atom is -0.341 e. The van der Waals surface area contributed by atoms with E-state index < -0.39 is 0 Å². The summed E-state index contributed by atoms with van der Waals surface area (Å²) in [7, 11) is 1.74. The van der Waals surface area contributed by atoms with Crippen molar-refractivity contribution in [3.63, 3.8) is 0 Å². The highest BCUT2D eigenvalue weighted by Gasteiger charge is 2.45. The van der Waals surface area contributed by atoms with Crippen LogP contribution in [0.5, 0.6) is 0 Å². The number of aliphatic imine (C=N–C) groups is 1. The zero-order valence-electron chi connectivity index (χ0n) is 14.3. The Morgan fingerprint density at radius 1 is 1.25 bits per heavy atom. The van der Waals surface area contributed by atoms with Crippen molar-refractivity contribution in [3.05, 3.63) is 29.8 Å². The lowest BCUT2D eigenvalue weighted by Gasteiger charge is -2.41. The largest absolute Gasteiger partial charge is 0.341 e. The Bertz CT molecular complexity index is 732. The molecule has 0 bridgehead atoms. The molecule has 3 heterocycles. The summed E-state index contributed by atoms with van der Waals surface area (Å²) in [4.78, 5) is 32.8. The summed E-state index contributed by atoms with van der Waals surface area (Å²) in [6.07, 6.45) is 2.97. The van der Waals surface area contributed by atoms with Crippen LogP contribution < -0.4 is 0 Å². The first-order valence-corrected chi connectivity index (χ1v) is 8.73. The van der Waals surface area contributed by atoms with Crippen molar-refractivity contribution in [2.24, 2.45) is 4.99 Å². The van der Waals surface area contributed by atoms with Crippen LogP contribution >= 0.6 is 0 Å². The molecule has 4 rings (SSSR count). The fourth-order valence-electron chi connectivity index (χ4n) is 4.50. The molecular formula is C19H23N3O2. The van der Waals surface area contributed by atoms with Crippen LogP contribution in [-0.2, 0) is 15.0 Å². The van der Waals surface area contributed by atoms with Crippen LogP contribution in [0.2, 0.25) is 0 Å². The molecule has 24 heavy (non-hydrogen) atoms. The molecule has 3 aliphatic heterocycles. The Morgan fingerprint density at radius 2 is 1.96 bits per heavy atom. The van der Waals surface area contributed by atoms with Crippen molar-refractivity contribution in [2.75, 3.05) is 20.1 Å². The van der Waals surface area contributed by atoms with Gasteiger partial charge in [0.15, 0.2) is 0 Å². The summed E-state index contributed by atoms with van der Waals surface area (Å²) < 4.78 is 0. The first-order chi connectivity index (χ1) is 11.5. The van der Waals surface area contributed by atoms with Crippen LogP contribution in [0.1, 0.15) is 38.2 Å². The zero-order valence-corrected chi connectivity index (χ0v) is 14.3. The van der Waals surface area contributed by atoms with Crippen molar-refractivity contribution in [2.45, 2.75) is 44.1 Å². The van der Waals surface area contributed by atoms with Gasteiger partial charge in [0.25, 0.3) is 0 Å². The van der Waals surface area contributed by atoms with Crippen LogP contribution in [0.3, 0.4) is 0 Å². The Kier molecular flexibility index (Phi) is 3.48. The number of benzene rings is 1. The number of carbonyl (C=O) groups excluding carboxylic acids is 2. The zero-order chi connectivity index (χ0) is 16.9. The van der Waals surface area contributed by atoms with Gasteiger partial charge in [-0.3, -0.25) is 14.6 Å². The first kappa shape index (κ1) is 15.4. The molecule has 0 radical (unpaired) electrons. The maximum absolute atomic E-state index is 12.8. The van der Waals surface area contributed by atoms with Gasteiger partial charge in [-0.15, -0.1) is 0 Å². The number of para-hydroxylation sites is 1. The summed E-state index contributed by atoms with van der Waals surface area (Å²) in [5.74, 6) is 0.189. The second kappa shape index (κ2) is 5.43.